The Hall–Kier alpha value is -2.42. The number of hydrogen-bond donors (Lipinski definition) is 0. The lowest BCUT2D eigenvalue weighted by molar-refractivity contribution is 0.518. The highest BCUT2D eigenvalue weighted by Crippen LogP contribution is 2.21. The van der Waals surface area contributed by atoms with Gasteiger partial charge in [0.15, 0.2) is 0 Å². The third-order valence-electron chi connectivity index (χ3n) is 3.29. The zero-order valence-electron chi connectivity index (χ0n) is 10.8. The fourth-order valence-corrected chi connectivity index (χ4v) is 2.02. The molecule has 0 N–H and O–H groups in total. The molecule has 0 atom stereocenters. The standard InChI is InChI=1S/C16H13NO2/c1-10-7-8-12(9-11(10)2)15-17-14-6-4-3-5-13(14)16(18)19-15/h3-9H,1-2H3. The molecule has 3 rings (SSSR count). The van der Waals surface area contributed by atoms with E-state index in [1.54, 1.807) is 12.1 Å². The van der Waals surface area contributed by atoms with E-state index in [4.69, 9.17) is 4.42 Å². The van der Waals surface area contributed by atoms with Crippen LogP contribution in [0.4, 0.5) is 0 Å². The summed E-state index contributed by atoms with van der Waals surface area (Å²) in [7, 11) is 0. The van der Waals surface area contributed by atoms with Crippen LogP contribution < -0.4 is 5.63 Å². The van der Waals surface area contributed by atoms with E-state index < -0.39 is 0 Å². The van der Waals surface area contributed by atoms with Gasteiger partial charge in [0, 0.05) is 5.56 Å². The average Bonchev–Trinajstić information content (AvgIpc) is 2.42. The maximum absolute atomic E-state index is 11.9. The van der Waals surface area contributed by atoms with Gasteiger partial charge in [0.1, 0.15) is 0 Å². The van der Waals surface area contributed by atoms with Gasteiger partial charge >= 0.3 is 5.63 Å². The monoisotopic (exact) mass is 251 g/mol. The molecular formula is C16H13NO2. The van der Waals surface area contributed by atoms with Gasteiger partial charge < -0.3 is 4.42 Å². The lowest BCUT2D eigenvalue weighted by Gasteiger charge is -2.04. The summed E-state index contributed by atoms with van der Waals surface area (Å²) < 4.78 is 5.30. The van der Waals surface area contributed by atoms with Crippen molar-refractivity contribution in [3.05, 3.63) is 64.0 Å². The zero-order valence-corrected chi connectivity index (χ0v) is 10.8. The van der Waals surface area contributed by atoms with Gasteiger partial charge in [-0.1, -0.05) is 18.2 Å². The van der Waals surface area contributed by atoms with Crippen molar-refractivity contribution in [2.24, 2.45) is 0 Å². The SMILES string of the molecule is Cc1ccc(-c2nc3ccccc3c(=O)o2)cc1C. The van der Waals surface area contributed by atoms with E-state index in [1.165, 1.54) is 5.56 Å². The van der Waals surface area contributed by atoms with Gasteiger partial charge in [0.2, 0.25) is 5.89 Å². The van der Waals surface area contributed by atoms with Crippen molar-refractivity contribution in [2.45, 2.75) is 13.8 Å². The zero-order chi connectivity index (χ0) is 13.4. The maximum Gasteiger partial charge on any atom is 0.347 e. The number of fused-ring (bicyclic) bond motifs is 1. The summed E-state index contributed by atoms with van der Waals surface area (Å²) in [5, 5.41) is 0.509. The summed E-state index contributed by atoms with van der Waals surface area (Å²) in [6.07, 6.45) is 0. The Bertz CT molecular complexity index is 818. The van der Waals surface area contributed by atoms with Crippen molar-refractivity contribution >= 4 is 10.9 Å². The summed E-state index contributed by atoms with van der Waals surface area (Å²) in [5.41, 5.74) is 3.48. The summed E-state index contributed by atoms with van der Waals surface area (Å²) >= 11 is 0. The van der Waals surface area contributed by atoms with Crippen molar-refractivity contribution in [1.29, 1.82) is 0 Å². The van der Waals surface area contributed by atoms with Crippen LogP contribution in [0.3, 0.4) is 0 Å². The fourth-order valence-electron chi connectivity index (χ4n) is 2.02. The van der Waals surface area contributed by atoms with E-state index in [2.05, 4.69) is 4.98 Å². The van der Waals surface area contributed by atoms with Gasteiger partial charge in [-0.3, -0.25) is 0 Å². The van der Waals surface area contributed by atoms with Gasteiger partial charge in [-0.25, -0.2) is 9.78 Å². The van der Waals surface area contributed by atoms with Crippen LogP contribution in [0.15, 0.2) is 51.7 Å². The largest absolute Gasteiger partial charge is 0.403 e. The molecule has 1 aromatic heterocycles. The highest BCUT2D eigenvalue weighted by atomic mass is 16.4. The third kappa shape index (κ3) is 2.03. The van der Waals surface area contributed by atoms with Crippen LogP contribution in [0.25, 0.3) is 22.4 Å². The highest BCUT2D eigenvalue weighted by molar-refractivity contribution is 5.78. The number of benzene rings is 2. The smallest absolute Gasteiger partial charge is 0.347 e. The summed E-state index contributed by atoms with van der Waals surface area (Å²) in [6.45, 7) is 4.07. The molecular weight excluding hydrogens is 238 g/mol. The molecule has 0 saturated carbocycles. The van der Waals surface area contributed by atoms with E-state index in [1.807, 2.05) is 44.2 Å². The van der Waals surface area contributed by atoms with Gasteiger partial charge in [-0.05, 0) is 49.2 Å². The molecule has 0 amide bonds. The molecule has 3 aromatic rings. The molecule has 0 aliphatic carbocycles. The molecule has 0 spiro atoms. The summed E-state index contributed by atoms with van der Waals surface area (Å²) in [5.74, 6) is 0.367. The second kappa shape index (κ2) is 4.35. The first-order valence-electron chi connectivity index (χ1n) is 6.12. The van der Waals surface area contributed by atoms with Gasteiger partial charge in [-0.2, -0.15) is 0 Å². The predicted molar refractivity (Wildman–Crippen MR) is 75.2 cm³/mol. The molecule has 0 bridgehead atoms. The van der Waals surface area contributed by atoms with E-state index in [9.17, 15) is 4.79 Å². The molecule has 2 aromatic carbocycles. The molecule has 0 aliphatic heterocycles. The number of aryl methyl sites for hydroxylation is 2. The highest BCUT2D eigenvalue weighted by Gasteiger charge is 2.08. The molecule has 94 valence electrons. The Morgan fingerprint density at radius 2 is 1.79 bits per heavy atom. The molecule has 0 aliphatic rings. The molecule has 19 heavy (non-hydrogen) atoms. The van der Waals surface area contributed by atoms with E-state index >= 15 is 0 Å². The number of aromatic nitrogens is 1. The number of rotatable bonds is 1. The number of para-hydroxylation sites is 1. The average molecular weight is 251 g/mol. The minimum Gasteiger partial charge on any atom is -0.403 e. The first-order chi connectivity index (χ1) is 9.15. The lowest BCUT2D eigenvalue weighted by Crippen LogP contribution is -2.02. The molecule has 3 nitrogen and oxygen atoms in total. The lowest BCUT2D eigenvalue weighted by atomic mass is 10.1. The van der Waals surface area contributed by atoms with Gasteiger partial charge in [-0.15, -0.1) is 0 Å². The van der Waals surface area contributed by atoms with Crippen molar-refractivity contribution in [3.8, 4) is 11.5 Å². The summed E-state index contributed by atoms with van der Waals surface area (Å²) in [4.78, 5) is 16.3. The quantitative estimate of drug-likeness (QED) is 0.665. The normalized spacial score (nSPS) is 10.8. The van der Waals surface area contributed by atoms with E-state index in [0.29, 0.717) is 16.8 Å². The second-order valence-electron chi connectivity index (χ2n) is 4.62. The Morgan fingerprint density at radius 1 is 1.00 bits per heavy atom. The number of hydrogen-bond acceptors (Lipinski definition) is 3. The van der Waals surface area contributed by atoms with E-state index in [0.717, 1.165) is 11.1 Å². The fraction of sp³-hybridized carbons (Fsp3) is 0.125. The van der Waals surface area contributed by atoms with Crippen molar-refractivity contribution < 1.29 is 4.42 Å². The second-order valence-corrected chi connectivity index (χ2v) is 4.62. The Kier molecular flexibility index (Phi) is 2.67. The predicted octanol–water partition coefficient (Wildman–Crippen LogP) is 3.47. The Labute approximate surface area is 110 Å². The third-order valence-corrected chi connectivity index (χ3v) is 3.29. The minimum absolute atomic E-state index is 0.348. The van der Waals surface area contributed by atoms with Crippen molar-refractivity contribution in [1.82, 2.24) is 4.98 Å². The number of nitrogens with zero attached hydrogens (tertiary/aromatic N) is 1. The molecule has 0 unspecified atom stereocenters. The van der Waals surface area contributed by atoms with Crippen LogP contribution in [0.1, 0.15) is 11.1 Å². The van der Waals surface area contributed by atoms with E-state index in [-0.39, 0.29) is 5.63 Å². The van der Waals surface area contributed by atoms with Crippen LogP contribution in [-0.4, -0.2) is 4.98 Å². The Balaban J connectivity index is 2.25. The van der Waals surface area contributed by atoms with Crippen LogP contribution in [0.5, 0.6) is 0 Å². The first-order valence-corrected chi connectivity index (χ1v) is 6.12. The molecule has 0 radical (unpaired) electrons. The van der Waals surface area contributed by atoms with Crippen LogP contribution in [-0.2, 0) is 0 Å². The molecule has 0 fully saturated rings. The molecule has 3 heteroatoms. The van der Waals surface area contributed by atoms with Gasteiger partial charge in [0.25, 0.3) is 0 Å². The maximum atomic E-state index is 11.9. The topological polar surface area (TPSA) is 43.1 Å². The van der Waals surface area contributed by atoms with Crippen LogP contribution >= 0.6 is 0 Å². The Morgan fingerprint density at radius 3 is 2.58 bits per heavy atom. The van der Waals surface area contributed by atoms with Crippen molar-refractivity contribution in [3.63, 3.8) is 0 Å². The van der Waals surface area contributed by atoms with Crippen LogP contribution in [0.2, 0.25) is 0 Å². The minimum atomic E-state index is -0.348. The molecule has 1 heterocycles. The first kappa shape index (κ1) is 11.7. The van der Waals surface area contributed by atoms with Crippen molar-refractivity contribution in [2.75, 3.05) is 0 Å². The van der Waals surface area contributed by atoms with Crippen LogP contribution in [0, 0.1) is 13.8 Å². The van der Waals surface area contributed by atoms with Gasteiger partial charge in [0.05, 0.1) is 10.9 Å². The molecule has 0 saturated heterocycles. The summed E-state index contributed by atoms with van der Waals surface area (Å²) in [6, 6.07) is 13.1.